The van der Waals surface area contributed by atoms with Gasteiger partial charge in [-0.3, -0.25) is 0 Å². The predicted molar refractivity (Wildman–Crippen MR) is 192 cm³/mol. The fourth-order valence-corrected chi connectivity index (χ4v) is 6.77. The predicted octanol–water partition coefficient (Wildman–Crippen LogP) is 12.4. The molecule has 3 rings (SSSR count). The first-order valence-corrected chi connectivity index (χ1v) is 17.4. The van der Waals surface area contributed by atoms with Gasteiger partial charge in [-0.15, -0.1) is 26.2 Å². The van der Waals surface area contributed by atoms with Crippen LogP contribution < -0.4 is 0 Å². The average Bonchev–Trinajstić information content (AvgIpc) is 2.98. The van der Waals surface area contributed by atoms with Crippen LogP contribution in [0.15, 0.2) is 91.0 Å². The van der Waals surface area contributed by atoms with Gasteiger partial charge in [0.2, 0.25) is 0 Å². The lowest BCUT2D eigenvalue weighted by Gasteiger charge is -2.35. The minimum absolute atomic E-state index is 0. The van der Waals surface area contributed by atoms with E-state index in [4.69, 9.17) is 0 Å². The molecule has 0 spiro atoms. The second-order valence-corrected chi connectivity index (χ2v) is 12.9. The first-order valence-electron chi connectivity index (χ1n) is 16.6. The van der Waals surface area contributed by atoms with Crippen LogP contribution in [0.3, 0.4) is 0 Å². The van der Waals surface area contributed by atoms with E-state index in [0.29, 0.717) is 0 Å². The lowest BCUT2D eigenvalue weighted by Crippen LogP contribution is -2.30. The average molecular weight is 638 g/mol. The van der Waals surface area contributed by atoms with E-state index < -0.39 is 0 Å². The maximum absolute atomic E-state index is 2.85. The van der Waals surface area contributed by atoms with Crippen LogP contribution in [-0.4, -0.2) is 6.16 Å². The zero-order valence-corrected chi connectivity index (χ0v) is 28.7. The summed E-state index contributed by atoms with van der Waals surface area (Å²) in [5.74, 6) is 0. The fraction of sp³-hybridized carbons (Fsp3) is 0.538. The highest BCUT2D eigenvalue weighted by Crippen LogP contribution is 2.37. The maximum Gasteiger partial charge on any atom is -0.0176 e. The maximum atomic E-state index is 2.85. The Balaban J connectivity index is 0.00000588. The molecule has 0 saturated heterocycles. The van der Waals surface area contributed by atoms with Gasteiger partial charge in [0.05, 0.1) is 0 Å². The molecule has 0 nitrogen and oxygen atoms in total. The fourth-order valence-electron chi connectivity index (χ4n) is 6.48. The molecule has 0 aliphatic rings. The molecule has 3 aromatic rings. The Morgan fingerprint density at radius 2 is 0.634 bits per heavy atom. The number of rotatable bonds is 23. The highest BCUT2D eigenvalue weighted by atomic mass is 79.9. The highest BCUT2D eigenvalue weighted by molar-refractivity contribution is 8.93. The van der Waals surface area contributed by atoms with Gasteiger partial charge in [0.25, 0.3) is 0 Å². The van der Waals surface area contributed by atoms with Crippen molar-refractivity contribution in [2.75, 3.05) is 6.16 Å². The quantitative estimate of drug-likeness (QED) is 0.0717. The zero-order valence-electron chi connectivity index (χ0n) is 25.8. The number of halogens is 1. The topological polar surface area (TPSA) is 0 Å². The highest BCUT2D eigenvalue weighted by Gasteiger charge is 2.30. The standard InChI is InChI=1S/C39H57P.BrH/c40-32-24-13-11-9-7-5-3-1-2-4-6-8-10-12-23-31-39(33-36-25-17-14-18-26-36,34-37-27-19-15-20-28-37)35-38-29-21-16-22-30-38;/h14-22,25-30H,1-13,23-24,31-35,40H2;1H. The summed E-state index contributed by atoms with van der Waals surface area (Å²) in [6, 6.07) is 33.7. The first-order chi connectivity index (χ1) is 19.8. The Labute approximate surface area is 266 Å². The van der Waals surface area contributed by atoms with Crippen molar-refractivity contribution in [3.63, 3.8) is 0 Å². The van der Waals surface area contributed by atoms with Crippen LogP contribution in [-0.2, 0) is 19.3 Å². The van der Waals surface area contributed by atoms with Crippen molar-refractivity contribution in [3.05, 3.63) is 108 Å². The molecule has 0 saturated carbocycles. The van der Waals surface area contributed by atoms with Crippen LogP contribution in [0, 0.1) is 5.41 Å². The molecular weight excluding hydrogens is 579 g/mol. The lowest BCUT2D eigenvalue weighted by molar-refractivity contribution is 0.243. The van der Waals surface area contributed by atoms with Crippen LogP contribution in [0.25, 0.3) is 0 Å². The summed E-state index contributed by atoms with van der Waals surface area (Å²) in [6.45, 7) is 0. The van der Waals surface area contributed by atoms with Crippen molar-refractivity contribution in [1.29, 1.82) is 0 Å². The van der Waals surface area contributed by atoms with Crippen LogP contribution >= 0.6 is 26.2 Å². The van der Waals surface area contributed by atoms with E-state index >= 15 is 0 Å². The summed E-state index contributed by atoms with van der Waals surface area (Å²) in [5, 5.41) is 0. The third-order valence-electron chi connectivity index (χ3n) is 8.68. The minimum Gasteiger partial charge on any atom is -0.138 e. The van der Waals surface area contributed by atoms with Crippen molar-refractivity contribution < 1.29 is 0 Å². The minimum atomic E-state index is 0. The Kier molecular flexibility index (Phi) is 20.1. The van der Waals surface area contributed by atoms with Gasteiger partial charge in [-0.2, -0.15) is 0 Å². The monoisotopic (exact) mass is 636 g/mol. The molecule has 226 valence electrons. The summed E-state index contributed by atoms with van der Waals surface area (Å²) in [4.78, 5) is 0. The van der Waals surface area contributed by atoms with Gasteiger partial charge in [-0.05, 0) is 60.4 Å². The normalized spacial score (nSPS) is 11.3. The summed E-state index contributed by atoms with van der Waals surface area (Å²) < 4.78 is 0. The SMILES string of the molecule is Br.PCCCCCCCCCCCCCCCCCC(Cc1ccccc1)(Cc1ccccc1)Cc1ccccc1. The molecule has 2 heteroatoms. The Hall–Kier alpha value is -1.43. The van der Waals surface area contributed by atoms with Gasteiger partial charge >= 0.3 is 0 Å². The molecule has 0 aliphatic heterocycles. The molecule has 1 unspecified atom stereocenters. The molecule has 1 atom stereocenters. The van der Waals surface area contributed by atoms with E-state index in [9.17, 15) is 0 Å². The molecule has 0 radical (unpaired) electrons. The second kappa shape index (κ2) is 23.1. The number of hydrogen-bond donors (Lipinski definition) is 0. The molecule has 0 bridgehead atoms. The third-order valence-corrected chi connectivity index (χ3v) is 9.09. The van der Waals surface area contributed by atoms with Gasteiger partial charge in [-0.25, -0.2) is 0 Å². The zero-order chi connectivity index (χ0) is 28.0. The lowest BCUT2D eigenvalue weighted by atomic mass is 9.69. The van der Waals surface area contributed by atoms with E-state index in [0.717, 1.165) is 19.3 Å². The Bertz CT molecular complexity index is 871. The molecule has 0 aliphatic carbocycles. The molecule has 0 amide bonds. The van der Waals surface area contributed by atoms with Crippen molar-refractivity contribution in [2.45, 2.75) is 122 Å². The van der Waals surface area contributed by atoms with Crippen LogP contribution in [0.5, 0.6) is 0 Å². The summed E-state index contributed by atoms with van der Waals surface area (Å²) >= 11 is 0. The number of unbranched alkanes of at least 4 members (excludes halogenated alkanes) is 14. The van der Waals surface area contributed by atoms with Gasteiger partial charge in [-0.1, -0.05) is 181 Å². The Morgan fingerprint density at radius 3 is 0.927 bits per heavy atom. The van der Waals surface area contributed by atoms with Crippen LogP contribution in [0.1, 0.15) is 119 Å². The van der Waals surface area contributed by atoms with Crippen molar-refractivity contribution in [1.82, 2.24) is 0 Å². The van der Waals surface area contributed by atoms with Gasteiger partial charge in [0.15, 0.2) is 0 Å². The van der Waals surface area contributed by atoms with Crippen LogP contribution in [0.2, 0.25) is 0 Å². The van der Waals surface area contributed by atoms with E-state index in [1.165, 1.54) is 126 Å². The van der Waals surface area contributed by atoms with Crippen molar-refractivity contribution >= 4 is 26.2 Å². The number of hydrogen-bond acceptors (Lipinski definition) is 0. The van der Waals surface area contributed by atoms with Crippen molar-refractivity contribution in [2.24, 2.45) is 5.41 Å². The van der Waals surface area contributed by atoms with E-state index in [2.05, 4.69) is 100 Å². The van der Waals surface area contributed by atoms with Crippen LogP contribution in [0.4, 0.5) is 0 Å². The first kappa shape index (κ1) is 35.8. The van der Waals surface area contributed by atoms with E-state index in [1.54, 1.807) is 0 Å². The molecule has 0 heterocycles. The van der Waals surface area contributed by atoms with E-state index in [1.807, 2.05) is 0 Å². The van der Waals surface area contributed by atoms with Gasteiger partial charge in [0, 0.05) is 0 Å². The number of benzene rings is 3. The molecular formula is C39H58BrP. The summed E-state index contributed by atoms with van der Waals surface area (Å²) in [5.41, 5.74) is 4.68. The van der Waals surface area contributed by atoms with Crippen molar-refractivity contribution in [3.8, 4) is 0 Å². The third kappa shape index (κ3) is 16.1. The van der Waals surface area contributed by atoms with Gasteiger partial charge in [0.1, 0.15) is 0 Å². The molecule has 0 N–H and O–H groups in total. The smallest absolute Gasteiger partial charge is 0.0176 e. The molecule has 3 aromatic carbocycles. The van der Waals surface area contributed by atoms with Gasteiger partial charge < -0.3 is 0 Å². The molecule has 41 heavy (non-hydrogen) atoms. The summed E-state index contributed by atoms with van der Waals surface area (Å²) in [6.07, 6.45) is 27.4. The Morgan fingerprint density at radius 1 is 0.366 bits per heavy atom. The summed E-state index contributed by atoms with van der Waals surface area (Å²) in [7, 11) is 2.85. The molecule has 0 aromatic heterocycles. The second-order valence-electron chi connectivity index (χ2n) is 12.3. The molecule has 0 fully saturated rings. The van der Waals surface area contributed by atoms with E-state index in [-0.39, 0.29) is 22.4 Å². The largest absolute Gasteiger partial charge is 0.138 e.